The molecule has 2 fully saturated rings. The van der Waals surface area contributed by atoms with Gasteiger partial charge in [-0.25, -0.2) is 4.98 Å². The second-order valence-electron chi connectivity index (χ2n) is 10.0. The highest BCUT2D eigenvalue weighted by molar-refractivity contribution is 5.97. The molecule has 2 aromatic heterocycles. The quantitative estimate of drug-likeness (QED) is 0.461. The summed E-state index contributed by atoms with van der Waals surface area (Å²) in [6.45, 7) is 6.92. The van der Waals surface area contributed by atoms with Gasteiger partial charge >= 0.3 is 0 Å². The molecule has 4 aromatic rings. The SMILES string of the molecule is Cc1ccc2oc(C3CCN(c4c(C#N)c(=O)n(C)c5cc(NC6COC6)c(C)cc45)CC3)nc2c1. The zero-order valence-electron chi connectivity index (χ0n) is 20.8. The zero-order valence-corrected chi connectivity index (χ0v) is 20.8. The van der Waals surface area contributed by atoms with Crippen molar-refractivity contribution in [1.82, 2.24) is 9.55 Å². The van der Waals surface area contributed by atoms with E-state index in [1.165, 1.54) is 0 Å². The van der Waals surface area contributed by atoms with Crippen LogP contribution in [0, 0.1) is 25.2 Å². The van der Waals surface area contributed by atoms with Gasteiger partial charge in [0.1, 0.15) is 17.1 Å². The lowest BCUT2D eigenvalue weighted by Crippen LogP contribution is -2.40. The van der Waals surface area contributed by atoms with Crippen molar-refractivity contribution in [1.29, 1.82) is 5.26 Å². The second kappa shape index (κ2) is 8.68. The summed E-state index contributed by atoms with van der Waals surface area (Å²) in [5.41, 5.74) is 6.43. The summed E-state index contributed by atoms with van der Waals surface area (Å²) in [6.07, 6.45) is 1.68. The second-order valence-corrected chi connectivity index (χ2v) is 10.0. The number of benzene rings is 2. The molecule has 1 N–H and O–H groups in total. The van der Waals surface area contributed by atoms with Crippen LogP contribution in [-0.2, 0) is 11.8 Å². The van der Waals surface area contributed by atoms with Crippen molar-refractivity contribution >= 4 is 33.4 Å². The topological polar surface area (TPSA) is 96.3 Å². The number of nitrogens with one attached hydrogen (secondary N) is 1. The number of aromatic nitrogens is 2. The minimum Gasteiger partial charge on any atom is -0.440 e. The Morgan fingerprint density at radius 3 is 2.61 bits per heavy atom. The van der Waals surface area contributed by atoms with Crippen LogP contribution in [0.2, 0.25) is 0 Å². The Bertz CT molecular complexity index is 1580. The molecule has 0 radical (unpaired) electrons. The van der Waals surface area contributed by atoms with E-state index in [-0.39, 0.29) is 23.1 Å². The number of hydrogen-bond acceptors (Lipinski definition) is 7. The molecular weight excluding hydrogens is 454 g/mol. The van der Waals surface area contributed by atoms with E-state index in [2.05, 4.69) is 36.2 Å². The van der Waals surface area contributed by atoms with Crippen molar-refractivity contribution in [2.75, 3.05) is 36.5 Å². The number of anilines is 2. The first-order valence-corrected chi connectivity index (χ1v) is 12.5. The maximum atomic E-state index is 13.2. The number of nitrogens with zero attached hydrogens (tertiary/aromatic N) is 4. The number of aryl methyl sites for hydroxylation is 3. The molecule has 8 nitrogen and oxygen atoms in total. The van der Waals surface area contributed by atoms with E-state index in [4.69, 9.17) is 14.1 Å². The van der Waals surface area contributed by atoms with Gasteiger partial charge in [-0.3, -0.25) is 4.79 Å². The average Bonchev–Trinajstić information content (AvgIpc) is 3.27. The molecule has 8 heteroatoms. The highest BCUT2D eigenvalue weighted by Crippen LogP contribution is 2.37. The summed E-state index contributed by atoms with van der Waals surface area (Å²) < 4.78 is 13.0. The van der Waals surface area contributed by atoms with Gasteiger partial charge in [0.2, 0.25) is 0 Å². The monoisotopic (exact) mass is 483 g/mol. The number of rotatable bonds is 4. The van der Waals surface area contributed by atoms with Crippen LogP contribution < -0.4 is 15.8 Å². The number of oxazole rings is 1. The molecule has 2 saturated heterocycles. The summed E-state index contributed by atoms with van der Waals surface area (Å²) >= 11 is 0. The van der Waals surface area contributed by atoms with E-state index in [1.54, 1.807) is 11.6 Å². The first-order valence-electron chi connectivity index (χ1n) is 12.5. The molecule has 0 spiro atoms. The van der Waals surface area contributed by atoms with Gasteiger partial charge in [0.25, 0.3) is 5.56 Å². The van der Waals surface area contributed by atoms with Crippen LogP contribution >= 0.6 is 0 Å². The van der Waals surface area contributed by atoms with Crippen LogP contribution in [0.3, 0.4) is 0 Å². The highest BCUT2D eigenvalue weighted by Gasteiger charge is 2.29. The van der Waals surface area contributed by atoms with Crippen molar-refractivity contribution in [3.8, 4) is 6.07 Å². The van der Waals surface area contributed by atoms with E-state index >= 15 is 0 Å². The van der Waals surface area contributed by atoms with Crippen molar-refractivity contribution < 1.29 is 9.15 Å². The Hall–Kier alpha value is -3.83. The van der Waals surface area contributed by atoms with Crippen LogP contribution in [0.4, 0.5) is 11.4 Å². The third-order valence-corrected chi connectivity index (χ3v) is 7.54. The van der Waals surface area contributed by atoms with Gasteiger partial charge in [-0.2, -0.15) is 5.26 Å². The van der Waals surface area contributed by atoms with Crippen LogP contribution in [-0.4, -0.2) is 41.9 Å². The Morgan fingerprint density at radius 1 is 1.14 bits per heavy atom. The van der Waals surface area contributed by atoms with E-state index < -0.39 is 0 Å². The van der Waals surface area contributed by atoms with E-state index in [1.807, 2.05) is 24.3 Å². The Balaban J connectivity index is 1.34. The standard InChI is InChI=1S/C28H29N5O3/c1-16-4-5-25-23(10-16)31-27(36-25)18-6-8-33(9-7-18)26-20-11-17(2)22(30-19-14-35-15-19)12-24(20)32(3)28(34)21(26)13-29/h4-5,10-12,18-19,30H,6-9,14-15H2,1-3H3. The Kier molecular flexibility index (Phi) is 5.45. The lowest BCUT2D eigenvalue weighted by Gasteiger charge is -2.34. The van der Waals surface area contributed by atoms with Gasteiger partial charge in [0.15, 0.2) is 11.5 Å². The zero-order chi connectivity index (χ0) is 25.0. The van der Waals surface area contributed by atoms with E-state index in [9.17, 15) is 10.1 Å². The van der Waals surface area contributed by atoms with Crippen LogP contribution in [0.15, 0.2) is 39.5 Å². The molecule has 184 valence electrons. The fourth-order valence-corrected chi connectivity index (χ4v) is 5.38. The smallest absolute Gasteiger partial charge is 0.270 e. The van der Waals surface area contributed by atoms with Crippen molar-refractivity contribution in [2.45, 2.75) is 38.6 Å². The van der Waals surface area contributed by atoms with E-state index in [0.29, 0.717) is 13.2 Å². The lowest BCUT2D eigenvalue weighted by atomic mass is 9.95. The molecule has 0 unspecified atom stereocenters. The molecular formula is C28H29N5O3. The van der Waals surface area contributed by atoms with Crippen LogP contribution in [0.5, 0.6) is 0 Å². The van der Waals surface area contributed by atoms with Gasteiger partial charge in [0, 0.05) is 37.1 Å². The van der Waals surface area contributed by atoms with Crippen LogP contribution in [0.25, 0.3) is 22.0 Å². The minimum atomic E-state index is -0.266. The predicted octanol–water partition coefficient (Wildman–Crippen LogP) is 4.36. The molecule has 36 heavy (non-hydrogen) atoms. The first kappa shape index (κ1) is 22.6. The Labute approximate surface area is 209 Å². The number of piperidine rings is 1. The molecule has 2 aliphatic heterocycles. The highest BCUT2D eigenvalue weighted by atomic mass is 16.5. The third-order valence-electron chi connectivity index (χ3n) is 7.54. The predicted molar refractivity (Wildman–Crippen MR) is 140 cm³/mol. The fraction of sp³-hybridized carbons (Fsp3) is 0.393. The maximum absolute atomic E-state index is 13.2. The van der Waals surface area contributed by atoms with Crippen LogP contribution in [0.1, 0.15) is 41.3 Å². The third kappa shape index (κ3) is 3.71. The molecule has 0 aliphatic carbocycles. The number of pyridine rings is 1. The summed E-state index contributed by atoms with van der Waals surface area (Å²) in [5, 5.41) is 14.4. The summed E-state index contributed by atoms with van der Waals surface area (Å²) in [7, 11) is 1.74. The molecule has 4 heterocycles. The largest absolute Gasteiger partial charge is 0.440 e. The van der Waals surface area contributed by atoms with Crippen molar-refractivity contribution in [3.05, 3.63) is 63.3 Å². The molecule has 0 amide bonds. The molecule has 2 aliphatic rings. The molecule has 0 bridgehead atoms. The van der Waals surface area contributed by atoms with E-state index in [0.717, 1.165) is 76.3 Å². The molecule has 2 aromatic carbocycles. The maximum Gasteiger partial charge on any atom is 0.270 e. The summed E-state index contributed by atoms with van der Waals surface area (Å²) in [6, 6.07) is 12.7. The molecule has 0 saturated carbocycles. The fourth-order valence-electron chi connectivity index (χ4n) is 5.38. The average molecular weight is 484 g/mol. The van der Waals surface area contributed by atoms with Crippen molar-refractivity contribution in [3.63, 3.8) is 0 Å². The summed E-state index contributed by atoms with van der Waals surface area (Å²) in [5.74, 6) is 0.982. The van der Waals surface area contributed by atoms with Gasteiger partial charge in [0.05, 0.1) is 30.5 Å². The number of fused-ring (bicyclic) bond motifs is 2. The number of ether oxygens (including phenoxy) is 1. The minimum absolute atomic E-state index is 0.202. The summed E-state index contributed by atoms with van der Waals surface area (Å²) in [4.78, 5) is 20.2. The molecule has 6 rings (SSSR count). The normalized spacial score (nSPS) is 16.9. The molecule has 0 atom stereocenters. The number of nitriles is 1. The lowest BCUT2D eigenvalue weighted by molar-refractivity contribution is 0.0211. The van der Waals surface area contributed by atoms with Gasteiger partial charge in [-0.15, -0.1) is 0 Å². The first-order chi connectivity index (χ1) is 17.4. The van der Waals surface area contributed by atoms with Gasteiger partial charge < -0.3 is 23.9 Å². The van der Waals surface area contributed by atoms with Crippen molar-refractivity contribution in [2.24, 2.45) is 7.05 Å². The Morgan fingerprint density at radius 2 is 1.92 bits per heavy atom. The van der Waals surface area contributed by atoms with Gasteiger partial charge in [-0.1, -0.05) is 6.07 Å². The van der Waals surface area contributed by atoms with Gasteiger partial charge in [-0.05, 0) is 62.1 Å². The number of hydrogen-bond donors (Lipinski definition) is 1.